The van der Waals surface area contributed by atoms with Crippen LogP contribution in [0.5, 0.6) is 0 Å². The molecular weight excluding hydrogens is 409 g/mol. The molecule has 4 heterocycles. The molecule has 2 aromatic heterocycles. The van der Waals surface area contributed by atoms with Crippen molar-refractivity contribution in [1.29, 1.82) is 0 Å². The van der Waals surface area contributed by atoms with Gasteiger partial charge in [0, 0.05) is 54.1 Å². The summed E-state index contributed by atoms with van der Waals surface area (Å²) < 4.78 is 19.5. The van der Waals surface area contributed by atoms with Crippen LogP contribution >= 0.6 is 0 Å². The Hall–Kier alpha value is -3.39. The molecule has 162 valence electrons. The van der Waals surface area contributed by atoms with Crippen LogP contribution in [0.1, 0.15) is 28.9 Å². The first-order valence-electron chi connectivity index (χ1n) is 10.9. The number of rotatable bonds is 3. The molecule has 1 saturated carbocycles. The third-order valence-corrected chi connectivity index (χ3v) is 6.60. The van der Waals surface area contributed by atoms with E-state index in [1.807, 2.05) is 17.0 Å². The minimum absolute atomic E-state index is 0.0659. The second kappa shape index (κ2) is 7.34. The van der Waals surface area contributed by atoms with Crippen molar-refractivity contribution in [1.82, 2.24) is 19.9 Å². The molecule has 32 heavy (non-hydrogen) atoms. The number of ether oxygens (including phenoxy) is 1. The molecule has 1 amide bonds. The van der Waals surface area contributed by atoms with Crippen molar-refractivity contribution in [3.63, 3.8) is 0 Å². The number of halogens is 1. The highest BCUT2D eigenvalue weighted by Gasteiger charge is 2.53. The normalized spacial score (nSPS) is 18.7. The number of aromatic nitrogens is 3. The van der Waals surface area contributed by atoms with Gasteiger partial charge in [-0.25, -0.2) is 19.3 Å². The van der Waals surface area contributed by atoms with E-state index in [0.29, 0.717) is 49.1 Å². The summed E-state index contributed by atoms with van der Waals surface area (Å²) >= 11 is 0. The average Bonchev–Trinajstić information content (AvgIpc) is 3.56. The predicted molar refractivity (Wildman–Crippen MR) is 116 cm³/mol. The highest BCUT2D eigenvalue weighted by atomic mass is 19.1. The quantitative estimate of drug-likeness (QED) is 0.634. The van der Waals surface area contributed by atoms with Crippen LogP contribution in [-0.2, 0) is 10.2 Å². The van der Waals surface area contributed by atoms with Crippen LogP contribution < -0.4 is 4.90 Å². The second-order valence-electron chi connectivity index (χ2n) is 8.59. The van der Waals surface area contributed by atoms with Crippen molar-refractivity contribution in [2.75, 3.05) is 37.7 Å². The molecule has 3 aliphatic rings. The number of carbonyl (C=O) groups is 1. The van der Waals surface area contributed by atoms with Crippen LogP contribution in [0.3, 0.4) is 0 Å². The van der Waals surface area contributed by atoms with Gasteiger partial charge in [0.05, 0.1) is 13.2 Å². The number of hydrogen-bond acceptors (Lipinski definition) is 6. The molecule has 6 rings (SSSR count). The van der Waals surface area contributed by atoms with Gasteiger partial charge in [-0.1, -0.05) is 24.3 Å². The van der Waals surface area contributed by atoms with E-state index in [1.54, 1.807) is 35.5 Å². The Balaban J connectivity index is 1.33. The van der Waals surface area contributed by atoms with Crippen LogP contribution in [0.15, 0.2) is 48.8 Å². The minimum Gasteiger partial charge on any atom is -0.378 e. The van der Waals surface area contributed by atoms with E-state index >= 15 is 0 Å². The summed E-state index contributed by atoms with van der Waals surface area (Å²) in [5.41, 5.74) is 2.73. The second-order valence-corrected chi connectivity index (χ2v) is 8.59. The van der Waals surface area contributed by atoms with E-state index in [0.717, 1.165) is 30.8 Å². The lowest BCUT2D eigenvalue weighted by Crippen LogP contribution is -2.41. The van der Waals surface area contributed by atoms with E-state index in [9.17, 15) is 9.18 Å². The summed E-state index contributed by atoms with van der Waals surface area (Å²) in [5.74, 6) is 0.877. The Morgan fingerprint density at radius 3 is 2.50 bits per heavy atom. The monoisotopic (exact) mass is 431 g/mol. The number of anilines is 2. The lowest BCUT2D eigenvalue weighted by Gasteiger charge is -2.26. The van der Waals surface area contributed by atoms with E-state index in [4.69, 9.17) is 9.72 Å². The van der Waals surface area contributed by atoms with Crippen molar-refractivity contribution < 1.29 is 13.9 Å². The van der Waals surface area contributed by atoms with E-state index in [1.165, 1.54) is 6.07 Å². The van der Waals surface area contributed by atoms with Gasteiger partial charge in [-0.3, -0.25) is 9.69 Å². The van der Waals surface area contributed by atoms with Gasteiger partial charge in [-0.15, -0.1) is 0 Å². The van der Waals surface area contributed by atoms with Crippen molar-refractivity contribution in [2.45, 2.75) is 18.3 Å². The molecule has 0 bridgehead atoms. The third-order valence-electron chi connectivity index (χ3n) is 6.60. The maximum absolute atomic E-state index is 14.1. The maximum Gasteiger partial charge on any atom is 0.272 e. The molecule has 1 aromatic carbocycles. The minimum atomic E-state index is -0.305. The number of pyridine rings is 1. The van der Waals surface area contributed by atoms with Crippen molar-refractivity contribution >= 4 is 17.7 Å². The maximum atomic E-state index is 14.1. The topological polar surface area (TPSA) is 71.5 Å². The van der Waals surface area contributed by atoms with Crippen LogP contribution in [0, 0.1) is 5.82 Å². The number of fused-ring (bicyclic) bond motifs is 2. The summed E-state index contributed by atoms with van der Waals surface area (Å²) in [6.07, 6.45) is 5.45. The Bertz CT molecular complexity index is 1190. The fourth-order valence-electron chi connectivity index (χ4n) is 4.62. The molecule has 7 nitrogen and oxygen atoms in total. The number of hydrogen-bond donors (Lipinski definition) is 0. The Morgan fingerprint density at radius 1 is 1.03 bits per heavy atom. The average molecular weight is 431 g/mol. The van der Waals surface area contributed by atoms with Gasteiger partial charge in [0.15, 0.2) is 0 Å². The molecule has 8 heteroatoms. The first-order valence-corrected chi connectivity index (χ1v) is 10.9. The number of nitrogens with zero attached hydrogens (tertiary/aromatic N) is 5. The summed E-state index contributed by atoms with van der Waals surface area (Å²) in [5, 5.41) is 0. The van der Waals surface area contributed by atoms with E-state index in [2.05, 4.69) is 9.97 Å². The zero-order chi connectivity index (χ0) is 21.7. The van der Waals surface area contributed by atoms with Crippen LogP contribution in [0.25, 0.3) is 11.1 Å². The molecule has 3 aromatic rings. The predicted octanol–water partition coefficient (Wildman–Crippen LogP) is 3.33. The summed E-state index contributed by atoms with van der Waals surface area (Å²) in [6, 6.07) is 10.5. The molecule has 1 spiro atoms. The van der Waals surface area contributed by atoms with Gasteiger partial charge in [0.2, 0.25) is 5.95 Å². The number of carbonyl (C=O) groups excluding carboxylic acids is 1. The Kier molecular flexibility index (Phi) is 4.43. The Labute approximate surface area is 184 Å². The SMILES string of the molecule is O=C(c1ccc2c(n1)N(c1ncc(-c3ccccc3F)cn1)CC21CC1)N1CCOCC1. The summed E-state index contributed by atoms with van der Waals surface area (Å²) in [6.45, 7) is 2.99. The third kappa shape index (κ3) is 3.14. The van der Waals surface area contributed by atoms with Crippen molar-refractivity contribution in [3.05, 3.63) is 65.9 Å². The molecule has 0 radical (unpaired) electrons. The molecule has 1 saturated heterocycles. The molecule has 0 unspecified atom stereocenters. The first kappa shape index (κ1) is 19.3. The van der Waals surface area contributed by atoms with Gasteiger partial charge >= 0.3 is 0 Å². The van der Waals surface area contributed by atoms with E-state index in [-0.39, 0.29) is 17.1 Å². The van der Waals surface area contributed by atoms with E-state index < -0.39 is 0 Å². The number of morpholine rings is 1. The van der Waals surface area contributed by atoms with Gasteiger partial charge in [-0.2, -0.15) is 0 Å². The van der Waals surface area contributed by atoms with Gasteiger partial charge in [0.1, 0.15) is 17.3 Å². The van der Waals surface area contributed by atoms with Crippen LogP contribution in [0.2, 0.25) is 0 Å². The molecular formula is C24H22FN5O2. The lowest BCUT2D eigenvalue weighted by atomic mass is 10.0. The highest BCUT2D eigenvalue weighted by molar-refractivity contribution is 5.93. The number of amides is 1. The zero-order valence-electron chi connectivity index (χ0n) is 17.5. The lowest BCUT2D eigenvalue weighted by molar-refractivity contribution is 0.0299. The largest absolute Gasteiger partial charge is 0.378 e. The first-order chi connectivity index (χ1) is 15.6. The fourth-order valence-corrected chi connectivity index (χ4v) is 4.62. The standard InChI is InChI=1S/C24H22FN5O2/c25-19-4-2-1-3-17(19)16-13-26-23(27-14-16)30-15-24(7-8-24)18-5-6-20(28-21(18)30)22(31)29-9-11-32-12-10-29/h1-6,13-14H,7-12,15H2. The van der Waals surface area contributed by atoms with Gasteiger partial charge < -0.3 is 9.64 Å². The summed E-state index contributed by atoms with van der Waals surface area (Å²) in [4.78, 5) is 30.6. The molecule has 2 aliphatic heterocycles. The van der Waals surface area contributed by atoms with Crippen LogP contribution in [0.4, 0.5) is 16.2 Å². The molecule has 0 N–H and O–H groups in total. The molecule has 0 atom stereocenters. The van der Waals surface area contributed by atoms with Gasteiger partial charge in [0.25, 0.3) is 5.91 Å². The molecule has 2 fully saturated rings. The fraction of sp³-hybridized carbons (Fsp3) is 0.333. The highest BCUT2D eigenvalue weighted by Crippen LogP contribution is 2.57. The van der Waals surface area contributed by atoms with Gasteiger partial charge in [-0.05, 0) is 25.0 Å². The van der Waals surface area contributed by atoms with Crippen LogP contribution in [-0.4, -0.2) is 58.6 Å². The van der Waals surface area contributed by atoms with Crippen molar-refractivity contribution in [2.24, 2.45) is 0 Å². The zero-order valence-corrected chi connectivity index (χ0v) is 17.5. The number of benzene rings is 1. The summed E-state index contributed by atoms with van der Waals surface area (Å²) in [7, 11) is 0. The van der Waals surface area contributed by atoms with Crippen molar-refractivity contribution in [3.8, 4) is 11.1 Å². The Morgan fingerprint density at radius 2 is 1.78 bits per heavy atom. The molecule has 1 aliphatic carbocycles. The smallest absolute Gasteiger partial charge is 0.272 e.